The van der Waals surface area contributed by atoms with Crippen LogP contribution in [0.25, 0.3) is 5.95 Å². The van der Waals surface area contributed by atoms with Gasteiger partial charge in [-0.2, -0.15) is 14.9 Å². The van der Waals surface area contributed by atoms with E-state index in [1.807, 2.05) is 44.2 Å². The highest BCUT2D eigenvalue weighted by Crippen LogP contribution is 2.11. The summed E-state index contributed by atoms with van der Waals surface area (Å²) >= 11 is 8.65. The number of nitrogens with zero attached hydrogens (tertiary/aromatic N) is 5. The van der Waals surface area contributed by atoms with Gasteiger partial charge in [-0.1, -0.05) is 28.1 Å². The van der Waals surface area contributed by atoms with E-state index in [-0.39, 0.29) is 0 Å². The minimum atomic E-state index is 0.413. The molecule has 0 bridgehead atoms. The predicted molar refractivity (Wildman–Crippen MR) is 91.1 cm³/mol. The molecule has 0 spiro atoms. The monoisotopic (exact) mass is 376 g/mol. The minimum absolute atomic E-state index is 0.413. The van der Waals surface area contributed by atoms with E-state index in [9.17, 15) is 0 Å². The molecule has 3 aromatic rings. The molecule has 0 unspecified atom stereocenters. The summed E-state index contributed by atoms with van der Waals surface area (Å²) in [6, 6.07) is 9.80. The van der Waals surface area contributed by atoms with Crippen LogP contribution in [0.3, 0.4) is 0 Å². The molecule has 0 amide bonds. The molecule has 0 fully saturated rings. The number of H-pyrrole nitrogens is 1. The van der Waals surface area contributed by atoms with Crippen molar-refractivity contribution in [3.63, 3.8) is 0 Å². The molecule has 0 atom stereocenters. The first-order valence-corrected chi connectivity index (χ1v) is 7.76. The lowest BCUT2D eigenvalue weighted by Crippen LogP contribution is -2.07. The van der Waals surface area contributed by atoms with Gasteiger partial charge in [0.25, 0.3) is 5.95 Å². The number of benzene rings is 1. The number of aromatic nitrogens is 5. The predicted octanol–water partition coefficient (Wildman–Crippen LogP) is 3.39. The van der Waals surface area contributed by atoms with Crippen molar-refractivity contribution in [2.24, 2.45) is 5.10 Å². The summed E-state index contributed by atoms with van der Waals surface area (Å²) in [4.78, 5) is 0. The van der Waals surface area contributed by atoms with Crippen molar-refractivity contribution in [1.82, 2.24) is 24.7 Å². The van der Waals surface area contributed by atoms with Gasteiger partial charge in [-0.05, 0) is 49.8 Å². The third kappa shape index (κ3) is 2.93. The molecule has 6 nitrogen and oxygen atoms in total. The van der Waals surface area contributed by atoms with Gasteiger partial charge < -0.3 is 0 Å². The maximum absolute atomic E-state index is 5.24. The Bertz CT molecular complexity index is 887. The number of aryl methyl sites for hydroxylation is 2. The largest absolute Gasteiger partial charge is 0.271 e. The molecule has 3 rings (SSSR count). The second kappa shape index (κ2) is 5.98. The second-order valence-electron chi connectivity index (χ2n) is 4.78. The number of rotatable bonds is 3. The Labute approximate surface area is 140 Å². The molecular formula is C14H13BrN6S. The third-order valence-electron chi connectivity index (χ3n) is 3.02. The van der Waals surface area contributed by atoms with Crippen LogP contribution >= 0.6 is 28.1 Å². The highest BCUT2D eigenvalue weighted by Gasteiger charge is 2.11. The lowest BCUT2D eigenvalue weighted by Gasteiger charge is -2.02. The SMILES string of the molecule is Cc1cc(C)n(-c2n[nH]c(=S)n2/N=C\c2ccc(Br)cc2)n1. The molecule has 1 N–H and O–H groups in total. The highest BCUT2D eigenvalue weighted by molar-refractivity contribution is 9.10. The lowest BCUT2D eigenvalue weighted by atomic mass is 10.2. The zero-order valence-corrected chi connectivity index (χ0v) is 14.4. The molecule has 112 valence electrons. The van der Waals surface area contributed by atoms with Gasteiger partial charge in [-0.3, -0.25) is 0 Å². The first kappa shape index (κ1) is 14.9. The molecule has 0 saturated carbocycles. The van der Waals surface area contributed by atoms with E-state index in [0.29, 0.717) is 10.7 Å². The number of aromatic amines is 1. The number of halogens is 1. The van der Waals surface area contributed by atoms with Crippen molar-refractivity contribution in [3.8, 4) is 5.95 Å². The number of nitrogens with one attached hydrogen (secondary N) is 1. The Balaban J connectivity index is 2.01. The summed E-state index contributed by atoms with van der Waals surface area (Å²) in [5.41, 5.74) is 2.84. The molecule has 8 heteroatoms. The van der Waals surface area contributed by atoms with Crippen LogP contribution in [0.1, 0.15) is 17.0 Å². The zero-order chi connectivity index (χ0) is 15.7. The van der Waals surface area contributed by atoms with E-state index in [1.54, 1.807) is 15.6 Å². The topological polar surface area (TPSA) is 63.8 Å². The fraction of sp³-hybridized carbons (Fsp3) is 0.143. The Hall–Kier alpha value is -2.06. The van der Waals surface area contributed by atoms with Crippen molar-refractivity contribution in [1.29, 1.82) is 0 Å². The maximum atomic E-state index is 5.24. The van der Waals surface area contributed by atoms with Gasteiger partial charge in [0.15, 0.2) is 0 Å². The van der Waals surface area contributed by atoms with Crippen molar-refractivity contribution in [2.45, 2.75) is 13.8 Å². The molecule has 0 aliphatic carbocycles. The van der Waals surface area contributed by atoms with Crippen LogP contribution in [0, 0.1) is 18.6 Å². The second-order valence-corrected chi connectivity index (χ2v) is 6.08. The Kier molecular flexibility index (Phi) is 4.04. The normalized spacial score (nSPS) is 11.4. The molecular weight excluding hydrogens is 364 g/mol. The van der Waals surface area contributed by atoms with E-state index in [0.717, 1.165) is 21.4 Å². The number of hydrogen-bond donors (Lipinski definition) is 1. The molecule has 2 heterocycles. The fourth-order valence-electron chi connectivity index (χ4n) is 2.03. The van der Waals surface area contributed by atoms with E-state index >= 15 is 0 Å². The van der Waals surface area contributed by atoms with Crippen LogP contribution in [0.5, 0.6) is 0 Å². The van der Waals surface area contributed by atoms with Gasteiger partial charge in [0.2, 0.25) is 4.77 Å². The van der Waals surface area contributed by atoms with Gasteiger partial charge in [-0.25, -0.2) is 9.78 Å². The maximum Gasteiger partial charge on any atom is 0.271 e. The minimum Gasteiger partial charge on any atom is -0.248 e. The average Bonchev–Trinajstić information content (AvgIpc) is 3.00. The smallest absolute Gasteiger partial charge is 0.248 e. The van der Waals surface area contributed by atoms with Crippen LogP contribution in [0.2, 0.25) is 0 Å². The third-order valence-corrected chi connectivity index (χ3v) is 3.82. The Morgan fingerprint density at radius 1 is 1.27 bits per heavy atom. The quantitative estimate of drug-likeness (QED) is 0.562. The highest BCUT2D eigenvalue weighted by atomic mass is 79.9. The summed E-state index contributed by atoms with van der Waals surface area (Å²) in [7, 11) is 0. The lowest BCUT2D eigenvalue weighted by molar-refractivity contribution is 0.714. The van der Waals surface area contributed by atoms with Crippen molar-refractivity contribution >= 4 is 34.4 Å². The van der Waals surface area contributed by atoms with Crippen LogP contribution in [0.15, 0.2) is 39.9 Å². The van der Waals surface area contributed by atoms with E-state index in [4.69, 9.17) is 12.2 Å². The molecule has 22 heavy (non-hydrogen) atoms. The van der Waals surface area contributed by atoms with E-state index in [1.165, 1.54) is 0 Å². The van der Waals surface area contributed by atoms with Gasteiger partial charge in [0.1, 0.15) is 0 Å². The fourth-order valence-corrected chi connectivity index (χ4v) is 2.47. The Morgan fingerprint density at radius 3 is 2.64 bits per heavy atom. The first-order chi connectivity index (χ1) is 10.5. The molecule has 0 aliphatic rings. The van der Waals surface area contributed by atoms with Gasteiger partial charge >= 0.3 is 0 Å². The summed E-state index contributed by atoms with van der Waals surface area (Å²) < 4.78 is 4.70. The first-order valence-electron chi connectivity index (χ1n) is 6.55. The summed E-state index contributed by atoms with van der Waals surface area (Å²) in [6.45, 7) is 3.89. The molecule has 1 aromatic carbocycles. The van der Waals surface area contributed by atoms with Crippen LogP contribution in [0.4, 0.5) is 0 Å². The van der Waals surface area contributed by atoms with Crippen LogP contribution in [-0.4, -0.2) is 30.9 Å². The summed E-state index contributed by atoms with van der Waals surface area (Å²) in [5, 5.41) is 15.8. The van der Waals surface area contributed by atoms with Crippen molar-refractivity contribution in [3.05, 3.63) is 56.5 Å². The average molecular weight is 377 g/mol. The van der Waals surface area contributed by atoms with Crippen molar-refractivity contribution < 1.29 is 0 Å². The standard InChI is InChI=1S/C14H13BrN6S/c1-9-7-10(2)20(19-9)13-17-18-14(22)21(13)16-8-11-3-5-12(15)6-4-11/h3-8H,1-2H3,(H,18,22)/b16-8-. The van der Waals surface area contributed by atoms with Gasteiger partial charge in [-0.15, -0.1) is 5.10 Å². The number of hydrogen-bond acceptors (Lipinski definition) is 4. The molecule has 0 radical (unpaired) electrons. The zero-order valence-electron chi connectivity index (χ0n) is 12.0. The van der Waals surface area contributed by atoms with Crippen molar-refractivity contribution in [2.75, 3.05) is 0 Å². The molecule has 2 aromatic heterocycles. The van der Waals surface area contributed by atoms with Gasteiger partial charge in [0.05, 0.1) is 11.9 Å². The Morgan fingerprint density at radius 2 is 2.00 bits per heavy atom. The van der Waals surface area contributed by atoms with Crippen LogP contribution < -0.4 is 0 Å². The van der Waals surface area contributed by atoms with Crippen LogP contribution in [-0.2, 0) is 0 Å². The van der Waals surface area contributed by atoms with E-state index in [2.05, 4.69) is 36.3 Å². The van der Waals surface area contributed by atoms with E-state index < -0.39 is 0 Å². The molecule has 0 saturated heterocycles. The van der Waals surface area contributed by atoms with Gasteiger partial charge in [0, 0.05) is 10.2 Å². The summed E-state index contributed by atoms with van der Waals surface area (Å²) in [6.07, 6.45) is 1.73. The summed E-state index contributed by atoms with van der Waals surface area (Å²) in [5.74, 6) is 0.531. The molecule has 0 aliphatic heterocycles.